The fourth-order valence-electron chi connectivity index (χ4n) is 7.82. The molecule has 4 unspecified atom stereocenters. The van der Waals surface area contributed by atoms with Crippen LogP contribution in [-0.2, 0) is 46.2 Å². The fourth-order valence-corrected chi connectivity index (χ4v) is 8.34. The van der Waals surface area contributed by atoms with Crippen molar-refractivity contribution in [2.24, 2.45) is 10.8 Å². The molecule has 2 amide bonds. The number of fused-ring (bicyclic) bond motifs is 2. The molecular formula is C52H68ClF4IN4O6Zn. The molecule has 6 N–H and O–H groups in total. The standard InChI is InChI=1S/C26H34F2N2O3.C21H23F2IN2O3.C5H11.ClH.Zn/c1-16(31)30-23(12-18-9-19(27)13-20(28)10-18)24(32)15-29-22-7-8-33-25-6-5-17(11-21(22)25)14-26(2,3)4;1-12(27)26-19(8-13-6-14(22)9-15(23)7-13)20(28)11-25-18-4-5-29-21-3-2-16(24)10-17(18)21;1-5(2,3)4;;/h5-6,9-11,13,22-24,29,32H,7-8,12,14-15H2,1-4H3,(H,30,31);2-3,6-7,9-10,18-20,25,28H,4-5,8,11H2,1H3,(H,26,27);1H2,2-4H3;1H;/q;;-1;;+2/p-1/t22?,23?,24-;18?,19?,20-;;;/m11.../s1. The molecule has 4 aromatic carbocycles. The summed E-state index contributed by atoms with van der Waals surface area (Å²) in [7, 11) is 4.76. The Hall–Kier alpha value is -3.38. The Morgan fingerprint density at radius 2 is 1.06 bits per heavy atom. The summed E-state index contributed by atoms with van der Waals surface area (Å²) in [5, 5.41) is 33.7. The van der Waals surface area contributed by atoms with Crippen LogP contribution in [0.1, 0.15) is 108 Å². The number of benzene rings is 4. The number of carbonyl (C=O) groups excluding carboxylic acids is 2. The average molecular weight is 1150 g/mol. The van der Waals surface area contributed by atoms with Crippen molar-refractivity contribution in [3.05, 3.63) is 134 Å². The van der Waals surface area contributed by atoms with Crippen molar-refractivity contribution >= 4 is 44.1 Å². The summed E-state index contributed by atoms with van der Waals surface area (Å²) < 4.78 is 66.8. The van der Waals surface area contributed by atoms with E-state index < -0.39 is 47.6 Å². The Morgan fingerprint density at radius 3 is 1.43 bits per heavy atom. The van der Waals surface area contributed by atoms with Gasteiger partial charge in [-0.05, 0) is 112 Å². The number of nitrogens with one attached hydrogen (secondary N) is 4. The first-order valence-electron chi connectivity index (χ1n) is 22.9. The zero-order valence-electron chi connectivity index (χ0n) is 41.0. The van der Waals surface area contributed by atoms with E-state index in [1.54, 1.807) is 0 Å². The van der Waals surface area contributed by atoms with Crippen LogP contribution in [0.25, 0.3) is 0 Å². The van der Waals surface area contributed by atoms with Crippen LogP contribution in [0.4, 0.5) is 17.6 Å². The molecule has 0 bridgehead atoms. The first kappa shape index (κ1) is 59.9. The second kappa shape index (κ2) is 28.6. The third kappa shape index (κ3) is 22.7. The van der Waals surface area contributed by atoms with Gasteiger partial charge in [-0.2, -0.15) is 5.41 Å². The maximum absolute atomic E-state index is 13.6. The predicted octanol–water partition coefficient (Wildman–Crippen LogP) is 9.72. The van der Waals surface area contributed by atoms with Gasteiger partial charge in [-0.3, -0.25) is 9.59 Å². The first-order valence-corrected chi connectivity index (χ1v) is 27.9. The van der Waals surface area contributed by atoms with Crippen LogP contribution in [0, 0.1) is 44.6 Å². The van der Waals surface area contributed by atoms with Crippen LogP contribution >= 0.6 is 32.3 Å². The summed E-state index contributed by atoms with van der Waals surface area (Å²) in [4.78, 5) is 23.3. The van der Waals surface area contributed by atoms with Crippen molar-refractivity contribution in [3.8, 4) is 11.5 Å². The molecule has 2 heterocycles. The van der Waals surface area contributed by atoms with Gasteiger partial charge in [-0.1, -0.05) is 53.7 Å². The zero-order chi connectivity index (χ0) is 51.6. The number of aliphatic hydroxyl groups is 2. The Bertz CT molecular complexity index is 2220. The van der Waals surface area contributed by atoms with E-state index in [9.17, 15) is 37.4 Å². The van der Waals surface area contributed by atoms with E-state index in [0.717, 1.165) is 74.9 Å². The molecule has 0 saturated heterocycles. The van der Waals surface area contributed by atoms with Crippen molar-refractivity contribution in [1.29, 1.82) is 0 Å². The summed E-state index contributed by atoms with van der Waals surface area (Å²) in [6.07, 6.45) is 0.753. The van der Waals surface area contributed by atoms with E-state index in [4.69, 9.17) is 19.2 Å². The maximum atomic E-state index is 13.6. The fraction of sp³-hybridized carbons (Fsp3) is 0.481. The number of hydrogen-bond acceptors (Lipinski definition) is 8. The van der Waals surface area contributed by atoms with Gasteiger partial charge in [-0.15, -0.1) is 0 Å². The first-order chi connectivity index (χ1) is 32.3. The second-order valence-corrected chi connectivity index (χ2v) is 21.0. The van der Waals surface area contributed by atoms with Crippen molar-refractivity contribution in [1.82, 2.24) is 21.3 Å². The molecule has 2 aliphatic rings. The molecule has 376 valence electrons. The van der Waals surface area contributed by atoms with Crippen LogP contribution in [0.2, 0.25) is 0 Å². The topological polar surface area (TPSA) is 141 Å². The summed E-state index contributed by atoms with van der Waals surface area (Å²) in [6, 6.07) is 17.2. The molecule has 6 rings (SSSR count). The van der Waals surface area contributed by atoms with Gasteiger partial charge in [0.05, 0.1) is 37.5 Å². The van der Waals surface area contributed by atoms with E-state index in [1.807, 2.05) is 24.3 Å². The van der Waals surface area contributed by atoms with Crippen LogP contribution in [0.3, 0.4) is 0 Å². The molecule has 2 aliphatic heterocycles. The van der Waals surface area contributed by atoms with E-state index in [0.29, 0.717) is 24.3 Å². The van der Waals surface area contributed by atoms with Gasteiger partial charge < -0.3 is 47.9 Å². The van der Waals surface area contributed by atoms with Crippen LogP contribution in [0.5, 0.6) is 11.5 Å². The Balaban J connectivity index is 0.000000324. The van der Waals surface area contributed by atoms with Crippen molar-refractivity contribution in [2.75, 3.05) is 26.3 Å². The minimum absolute atomic E-state index is 0.00656. The molecule has 69 heavy (non-hydrogen) atoms. The number of carbonyl (C=O) groups is 2. The molecule has 0 saturated carbocycles. The number of ether oxygens (including phenoxy) is 2. The zero-order valence-corrected chi connectivity index (χ0v) is 46.8. The number of halogens is 6. The van der Waals surface area contributed by atoms with E-state index >= 15 is 0 Å². The number of rotatable bonds is 15. The summed E-state index contributed by atoms with van der Waals surface area (Å²) in [6.45, 7) is 20.8. The van der Waals surface area contributed by atoms with Gasteiger partial charge in [0.1, 0.15) is 34.8 Å². The van der Waals surface area contributed by atoms with Gasteiger partial charge in [0, 0.05) is 78.7 Å². The monoisotopic (exact) mass is 1150 g/mol. The molecule has 0 aliphatic carbocycles. The number of hydrogen-bond donors (Lipinski definition) is 6. The summed E-state index contributed by atoms with van der Waals surface area (Å²) in [5.74, 6) is -1.76. The number of aliphatic hydroxyl groups excluding tert-OH is 2. The molecule has 0 radical (unpaired) electrons. The normalized spacial score (nSPS) is 16.9. The van der Waals surface area contributed by atoms with Gasteiger partial charge in [0.25, 0.3) is 0 Å². The molecule has 0 fully saturated rings. The average Bonchev–Trinajstić information content (AvgIpc) is 3.23. The molecule has 4 aromatic rings. The molecule has 17 heteroatoms. The van der Waals surface area contributed by atoms with E-state index in [1.165, 1.54) is 43.7 Å². The van der Waals surface area contributed by atoms with Gasteiger partial charge in [0.2, 0.25) is 11.8 Å². The Kier molecular flexibility index (Phi) is 24.8. The third-order valence-electron chi connectivity index (χ3n) is 10.5. The van der Waals surface area contributed by atoms with Crippen molar-refractivity contribution < 1.29 is 64.1 Å². The molecular weight excluding hydrogens is 1080 g/mol. The van der Waals surface area contributed by atoms with Crippen molar-refractivity contribution in [3.63, 3.8) is 0 Å². The molecule has 0 aromatic heterocycles. The van der Waals surface area contributed by atoms with Crippen LogP contribution in [0.15, 0.2) is 72.8 Å². The van der Waals surface area contributed by atoms with Gasteiger partial charge >= 0.3 is 27.0 Å². The van der Waals surface area contributed by atoms with Crippen molar-refractivity contribution in [2.45, 2.75) is 124 Å². The van der Waals surface area contributed by atoms with Gasteiger partial charge in [-0.25, -0.2) is 17.6 Å². The van der Waals surface area contributed by atoms with E-state index in [2.05, 4.69) is 104 Å². The Morgan fingerprint density at radius 1 is 0.681 bits per heavy atom. The van der Waals surface area contributed by atoms with Crippen LogP contribution in [-0.4, -0.2) is 72.6 Å². The van der Waals surface area contributed by atoms with E-state index in [-0.39, 0.29) is 60.7 Å². The minimum atomic E-state index is -0.954. The molecule has 10 nitrogen and oxygen atoms in total. The van der Waals surface area contributed by atoms with Gasteiger partial charge in [0.15, 0.2) is 0 Å². The predicted molar refractivity (Wildman–Crippen MR) is 268 cm³/mol. The summed E-state index contributed by atoms with van der Waals surface area (Å²) >= 11 is 3.08. The van der Waals surface area contributed by atoms with Crippen LogP contribution < -0.4 is 30.7 Å². The summed E-state index contributed by atoms with van der Waals surface area (Å²) in [5.41, 5.74) is 4.45. The Labute approximate surface area is 433 Å². The SMILES string of the molecule is CC(=O)NC(Cc1cc(F)cc(F)c1)[C@H](O)CNC1CCOc2ccc(CC(C)(C)C)cc21.CC(=O)NC(Cc1cc(F)cc(F)c1)[C@H](O)CNC1CCOc2ccc(I)cc21.[CH2-]C(C)(C)C.[Cl][Zn+]. The number of amides is 2. The second-order valence-electron chi connectivity index (χ2n) is 19.8. The third-order valence-corrected chi connectivity index (χ3v) is 11.1. The quantitative estimate of drug-likeness (QED) is 0.0300. The molecule has 6 atom stereocenters. The molecule has 0 spiro atoms.